The molecule has 1 unspecified atom stereocenters. The minimum Gasteiger partial charge on any atom is -0.462 e. The minimum atomic E-state index is -1.06. The second-order valence-electron chi connectivity index (χ2n) is 12.3. The molecule has 0 radical (unpaired) electrons. The Bertz CT molecular complexity index is 1670. The number of likely N-dealkylation sites (N-methyl/N-ethyl adjacent to an activating group) is 1. The second kappa shape index (κ2) is 10.9. The van der Waals surface area contributed by atoms with Crippen molar-refractivity contribution in [2.45, 2.75) is 50.1 Å². The molecule has 3 fully saturated rings. The Labute approximate surface area is 249 Å². The molecule has 2 aliphatic heterocycles. The normalized spacial score (nSPS) is 24.5. The molecule has 4 aliphatic rings. The second-order valence-corrected chi connectivity index (χ2v) is 12.3. The highest BCUT2D eigenvalue weighted by Crippen LogP contribution is 2.58. The monoisotopic (exact) mass is 584 g/mol. The number of ether oxygens (including phenoxy) is 1. The van der Waals surface area contributed by atoms with Crippen molar-refractivity contribution in [1.29, 1.82) is 5.26 Å². The maximum absolute atomic E-state index is 16.1. The molecule has 1 aromatic heterocycles. The minimum absolute atomic E-state index is 0.00962. The van der Waals surface area contributed by atoms with E-state index in [0.717, 1.165) is 37.8 Å². The topological polar surface area (TPSA) is 85.6 Å². The third-order valence-corrected chi connectivity index (χ3v) is 9.68. The zero-order valence-corrected chi connectivity index (χ0v) is 24.2. The quantitative estimate of drug-likeness (QED) is 0.362. The van der Waals surface area contributed by atoms with Crippen LogP contribution in [0.1, 0.15) is 42.7 Å². The lowest BCUT2D eigenvalue weighted by atomic mass is 9.93. The Morgan fingerprint density at radius 1 is 1.19 bits per heavy atom. The van der Waals surface area contributed by atoms with Gasteiger partial charge in [-0.3, -0.25) is 4.79 Å². The van der Waals surface area contributed by atoms with Gasteiger partial charge in [-0.05, 0) is 79.9 Å². The summed E-state index contributed by atoms with van der Waals surface area (Å²) in [5.41, 5.74) is 4.56. The number of carbonyl (C=O) groups is 1. The van der Waals surface area contributed by atoms with Crippen LogP contribution in [-0.4, -0.2) is 77.6 Å². The maximum Gasteiger partial charge on any atom is 0.319 e. The number of hydrogen-bond donors (Lipinski definition) is 0. The number of aromatic nitrogens is 2. The van der Waals surface area contributed by atoms with Gasteiger partial charge in [-0.25, -0.2) is 8.78 Å². The van der Waals surface area contributed by atoms with E-state index in [1.165, 1.54) is 22.1 Å². The summed E-state index contributed by atoms with van der Waals surface area (Å²) in [6.45, 7) is 5.30. The predicted molar refractivity (Wildman–Crippen MR) is 159 cm³/mol. The molecule has 43 heavy (non-hydrogen) atoms. The molecular formula is C33H34F2N6O2. The van der Waals surface area contributed by atoms with E-state index in [-0.39, 0.29) is 37.4 Å². The van der Waals surface area contributed by atoms with Crippen LogP contribution in [0, 0.1) is 23.1 Å². The maximum atomic E-state index is 16.1. The molecule has 7 rings (SSSR count). The first kappa shape index (κ1) is 27.7. The summed E-state index contributed by atoms with van der Waals surface area (Å²) in [4.78, 5) is 27.5. The first-order valence-corrected chi connectivity index (χ1v) is 15.1. The van der Waals surface area contributed by atoms with E-state index in [1.54, 1.807) is 6.07 Å². The van der Waals surface area contributed by atoms with Gasteiger partial charge in [0.25, 0.3) is 5.91 Å². The van der Waals surface area contributed by atoms with Crippen LogP contribution in [0.4, 0.5) is 14.6 Å². The number of rotatable bonds is 7. The van der Waals surface area contributed by atoms with Crippen LogP contribution in [0.2, 0.25) is 0 Å². The fraction of sp³-hybridized carbons (Fsp3) is 0.455. The van der Waals surface area contributed by atoms with Crippen molar-refractivity contribution in [3.05, 3.63) is 59.7 Å². The van der Waals surface area contributed by atoms with Crippen LogP contribution in [0.25, 0.3) is 22.0 Å². The van der Waals surface area contributed by atoms with Gasteiger partial charge in [0, 0.05) is 36.6 Å². The highest BCUT2D eigenvalue weighted by Gasteiger charge is 2.46. The number of benzene rings is 2. The summed E-state index contributed by atoms with van der Waals surface area (Å²) in [5, 5.41) is 9.99. The zero-order chi connectivity index (χ0) is 29.8. The Kier molecular flexibility index (Phi) is 7.01. The third-order valence-electron chi connectivity index (χ3n) is 9.68. The van der Waals surface area contributed by atoms with Crippen LogP contribution in [0.3, 0.4) is 0 Å². The van der Waals surface area contributed by atoms with Crippen LogP contribution in [0.15, 0.2) is 42.7 Å². The molecule has 222 valence electrons. The van der Waals surface area contributed by atoms with E-state index in [9.17, 15) is 14.4 Å². The van der Waals surface area contributed by atoms with Gasteiger partial charge in [0.1, 0.15) is 18.2 Å². The fourth-order valence-electron chi connectivity index (χ4n) is 7.31. The average molecular weight is 585 g/mol. The van der Waals surface area contributed by atoms with Gasteiger partial charge in [0.15, 0.2) is 5.83 Å². The number of amides is 1. The first-order chi connectivity index (χ1) is 20.8. The summed E-state index contributed by atoms with van der Waals surface area (Å²) in [6, 6.07) is 11.4. The number of anilines is 1. The Balaban J connectivity index is 1.29. The van der Waals surface area contributed by atoms with Gasteiger partial charge < -0.3 is 19.4 Å². The van der Waals surface area contributed by atoms with Crippen molar-refractivity contribution in [1.82, 2.24) is 19.8 Å². The molecule has 2 aromatic carbocycles. The van der Waals surface area contributed by atoms with Crippen molar-refractivity contribution < 1.29 is 18.3 Å². The van der Waals surface area contributed by atoms with Crippen molar-refractivity contribution in [3.63, 3.8) is 0 Å². The van der Waals surface area contributed by atoms with Gasteiger partial charge in [0.05, 0.1) is 24.0 Å². The molecule has 3 aromatic rings. The summed E-state index contributed by atoms with van der Waals surface area (Å²) >= 11 is 0. The van der Waals surface area contributed by atoms with E-state index < -0.39 is 17.8 Å². The van der Waals surface area contributed by atoms with Gasteiger partial charge in [-0.2, -0.15) is 15.2 Å². The van der Waals surface area contributed by atoms with E-state index in [1.807, 2.05) is 17.0 Å². The summed E-state index contributed by atoms with van der Waals surface area (Å²) < 4.78 is 36.0. The Hall–Kier alpha value is -4.10. The SMILES string of the molecule is C=C(F)C(=O)N1CCN(c2nc(OC[C@@H]3CCCN3C)nc3cc(-c4cccc5c4C4C[C@H]4C5)c(F)cc23)C[C@@H]1CC#N. The highest BCUT2D eigenvalue weighted by atomic mass is 19.1. The van der Waals surface area contributed by atoms with Gasteiger partial charge in [-0.1, -0.05) is 24.8 Å². The van der Waals surface area contributed by atoms with Crippen LogP contribution in [0.5, 0.6) is 6.01 Å². The van der Waals surface area contributed by atoms with Crippen molar-refractivity contribution in [3.8, 4) is 23.2 Å². The van der Waals surface area contributed by atoms with E-state index in [2.05, 4.69) is 30.7 Å². The lowest BCUT2D eigenvalue weighted by molar-refractivity contribution is -0.131. The summed E-state index contributed by atoms with van der Waals surface area (Å²) in [6.07, 6.45) is 4.36. The van der Waals surface area contributed by atoms with Crippen molar-refractivity contribution in [2.24, 2.45) is 5.92 Å². The Morgan fingerprint density at radius 2 is 2.05 bits per heavy atom. The molecule has 3 heterocycles. The third kappa shape index (κ3) is 4.99. The number of carbonyl (C=O) groups excluding carboxylic acids is 1. The lowest BCUT2D eigenvalue weighted by Crippen LogP contribution is -2.55. The smallest absolute Gasteiger partial charge is 0.319 e. The van der Waals surface area contributed by atoms with Crippen LogP contribution in [-0.2, 0) is 11.2 Å². The fourth-order valence-corrected chi connectivity index (χ4v) is 7.31. The molecule has 4 atom stereocenters. The number of nitriles is 1. The van der Waals surface area contributed by atoms with Crippen LogP contribution >= 0.6 is 0 Å². The average Bonchev–Trinajstić information content (AvgIpc) is 3.47. The highest BCUT2D eigenvalue weighted by molar-refractivity contribution is 5.94. The number of likely N-dealkylation sites (tertiary alicyclic amines) is 1. The Morgan fingerprint density at radius 3 is 2.81 bits per heavy atom. The van der Waals surface area contributed by atoms with Gasteiger partial charge >= 0.3 is 6.01 Å². The van der Waals surface area contributed by atoms with Gasteiger partial charge in [-0.15, -0.1) is 0 Å². The first-order valence-electron chi connectivity index (χ1n) is 15.1. The largest absolute Gasteiger partial charge is 0.462 e. The van der Waals surface area contributed by atoms with E-state index in [0.29, 0.717) is 47.3 Å². The molecule has 1 saturated carbocycles. The van der Waals surface area contributed by atoms with Crippen LogP contribution < -0.4 is 9.64 Å². The standard InChI is InChI=1S/C33H34F2N6O2/c1-19(34)32(42)41-12-11-40(17-22(41)8-9-36)31-27-15-28(35)26(24-7-3-5-20-13-21-14-25(21)30(20)24)16-29(27)37-33(38-31)43-18-23-6-4-10-39(23)2/h3,5,7,15-16,21-23,25H,1,4,6,8,10-14,17-18H2,2H3/t21-,22+,23+,25?/m1/s1. The number of nitrogens with zero attached hydrogens (tertiary/aromatic N) is 6. The molecule has 2 aliphatic carbocycles. The molecule has 0 N–H and O–H groups in total. The summed E-state index contributed by atoms with van der Waals surface area (Å²) in [7, 11) is 2.08. The number of fused-ring (bicyclic) bond motifs is 4. The van der Waals surface area contributed by atoms with E-state index in [4.69, 9.17) is 14.7 Å². The van der Waals surface area contributed by atoms with Crippen molar-refractivity contribution in [2.75, 3.05) is 44.7 Å². The predicted octanol–water partition coefficient (Wildman–Crippen LogP) is 4.98. The summed E-state index contributed by atoms with van der Waals surface area (Å²) in [5.74, 6) is -0.589. The van der Waals surface area contributed by atoms with Crippen molar-refractivity contribution >= 4 is 22.6 Å². The molecular weight excluding hydrogens is 550 g/mol. The molecule has 0 spiro atoms. The number of piperazine rings is 1. The zero-order valence-electron chi connectivity index (χ0n) is 24.2. The van der Waals surface area contributed by atoms with Gasteiger partial charge in [0.2, 0.25) is 0 Å². The lowest BCUT2D eigenvalue weighted by Gasteiger charge is -2.41. The number of hydrogen-bond acceptors (Lipinski definition) is 7. The van der Waals surface area contributed by atoms with E-state index >= 15 is 4.39 Å². The number of halogens is 2. The molecule has 2 saturated heterocycles. The molecule has 8 nitrogen and oxygen atoms in total. The molecule has 0 bridgehead atoms. The molecule has 10 heteroatoms. The molecule has 1 amide bonds.